The van der Waals surface area contributed by atoms with Crippen LogP contribution in [0.5, 0.6) is 0 Å². The van der Waals surface area contributed by atoms with Crippen molar-refractivity contribution >= 4 is 6.15 Å². The Bertz CT molecular complexity index is 285. The summed E-state index contributed by atoms with van der Waals surface area (Å²) in [7, 11) is 0. The number of hydrogen-bond acceptors (Lipinski definition) is 3. The molecule has 1 aromatic rings. The normalized spacial score (nSPS) is 10.8. The third-order valence-corrected chi connectivity index (χ3v) is 1.68. The molecule has 1 aromatic carbocycles. The molecule has 2 N–H and O–H groups in total. The maximum atomic E-state index is 8.12. The number of benzene rings is 1. The van der Waals surface area contributed by atoms with Gasteiger partial charge in [-0.15, -0.1) is 0 Å². The molecule has 0 saturated heterocycles. The molecule has 0 heterocycles. The molecule has 0 aliphatic carbocycles. The van der Waals surface area contributed by atoms with Crippen LogP contribution in [0.1, 0.15) is 18.1 Å². The van der Waals surface area contributed by atoms with E-state index in [1.807, 2.05) is 6.92 Å². The Kier molecular flexibility index (Phi) is 6.29. The van der Waals surface area contributed by atoms with Gasteiger partial charge in [0, 0.05) is 6.04 Å². The van der Waals surface area contributed by atoms with Gasteiger partial charge in [0.2, 0.25) is 0 Å². The second-order valence-electron chi connectivity index (χ2n) is 3.25. The summed E-state index contributed by atoms with van der Waals surface area (Å²) in [6, 6.07) is 8.78. The van der Waals surface area contributed by atoms with Gasteiger partial charge in [0.05, 0.1) is 0 Å². The largest absolute Gasteiger partial charge is 0.373 e. The molecule has 0 aromatic heterocycles. The standard InChI is InChI=1S/C10H15N.CO2/c1-8-3-5-10(6-4-8)7-9(2)11;2-1-3/h3-6,9H,7,11H2,1-2H3;. The van der Waals surface area contributed by atoms with Gasteiger partial charge in [0.15, 0.2) is 0 Å². The lowest BCUT2D eigenvalue weighted by atomic mass is 10.1. The Morgan fingerprint density at radius 1 is 1.29 bits per heavy atom. The smallest absolute Gasteiger partial charge is 0.328 e. The van der Waals surface area contributed by atoms with Crippen LogP contribution in [-0.2, 0) is 16.0 Å². The van der Waals surface area contributed by atoms with Crippen LogP contribution in [-0.4, -0.2) is 12.2 Å². The quantitative estimate of drug-likeness (QED) is 0.770. The molecule has 1 rings (SSSR count). The van der Waals surface area contributed by atoms with Crippen LogP contribution in [0, 0.1) is 6.92 Å². The highest BCUT2D eigenvalue weighted by atomic mass is 16.2. The Morgan fingerprint density at radius 3 is 2.07 bits per heavy atom. The highest BCUT2D eigenvalue weighted by molar-refractivity contribution is 5.21. The van der Waals surface area contributed by atoms with E-state index in [1.54, 1.807) is 0 Å². The Labute approximate surface area is 83.9 Å². The summed E-state index contributed by atoms with van der Waals surface area (Å²) in [6.07, 6.45) is 1.22. The Hall–Kier alpha value is -1.44. The fourth-order valence-electron chi connectivity index (χ4n) is 1.10. The molecule has 76 valence electrons. The van der Waals surface area contributed by atoms with Crippen molar-refractivity contribution in [3.8, 4) is 0 Å². The summed E-state index contributed by atoms with van der Waals surface area (Å²) in [6.45, 7) is 4.12. The molecule has 0 spiro atoms. The van der Waals surface area contributed by atoms with Crippen LogP contribution < -0.4 is 5.73 Å². The summed E-state index contributed by atoms with van der Waals surface area (Å²) in [5, 5.41) is 0. The van der Waals surface area contributed by atoms with Crippen molar-refractivity contribution < 1.29 is 9.59 Å². The van der Waals surface area contributed by atoms with Crippen LogP contribution in [0.2, 0.25) is 0 Å². The van der Waals surface area contributed by atoms with Gasteiger partial charge in [0.25, 0.3) is 0 Å². The van der Waals surface area contributed by atoms with Gasteiger partial charge >= 0.3 is 6.15 Å². The summed E-state index contributed by atoms with van der Waals surface area (Å²) < 4.78 is 0. The first kappa shape index (κ1) is 12.6. The van der Waals surface area contributed by atoms with Crippen LogP contribution in [0.3, 0.4) is 0 Å². The second-order valence-corrected chi connectivity index (χ2v) is 3.25. The van der Waals surface area contributed by atoms with Gasteiger partial charge in [-0.3, -0.25) is 0 Å². The molecule has 0 aliphatic heterocycles. The molecule has 0 saturated carbocycles. The van der Waals surface area contributed by atoms with Crippen LogP contribution in [0.4, 0.5) is 0 Å². The van der Waals surface area contributed by atoms with Crippen molar-refractivity contribution in [3.05, 3.63) is 35.4 Å². The number of carbonyl (C=O) groups excluding carboxylic acids is 2. The van der Waals surface area contributed by atoms with E-state index in [1.165, 1.54) is 11.1 Å². The minimum absolute atomic E-state index is 0.250. The van der Waals surface area contributed by atoms with Gasteiger partial charge in [-0.2, -0.15) is 9.59 Å². The lowest BCUT2D eigenvalue weighted by Gasteiger charge is -2.04. The first-order valence-electron chi connectivity index (χ1n) is 4.40. The Morgan fingerprint density at radius 2 is 1.71 bits per heavy atom. The summed E-state index contributed by atoms with van der Waals surface area (Å²) in [4.78, 5) is 16.2. The summed E-state index contributed by atoms with van der Waals surface area (Å²) in [5.41, 5.74) is 8.29. The van der Waals surface area contributed by atoms with Crippen molar-refractivity contribution in [2.24, 2.45) is 5.73 Å². The van der Waals surface area contributed by atoms with Crippen molar-refractivity contribution in [1.82, 2.24) is 0 Å². The predicted octanol–water partition coefficient (Wildman–Crippen LogP) is 1.30. The minimum atomic E-state index is 0.250. The molecule has 14 heavy (non-hydrogen) atoms. The molecule has 1 atom stereocenters. The molecule has 1 unspecified atom stereocenters. The van der Waals surface area contributed by atoms with Gasteiger partial charge in [-0.25, -0.2) is 0 Å². The maximum absolute atomic E-state index is 8.12. The minimum Gasteiger partial charge on any atom is -0.328 e. The lowest BCUT2D eigenvalue weighted by molar-refractivity contribution is -0.191. The van der Waals surface area contributed by atoms with Gasteiger partial charge in [-0.05, 0) is 25.8 Å². The van der Waals surface area contributed by atoms with Crippen molar-refractivity contribution in [3.63, 3.8) is 0 Å². The SMILES string of the molecule is Cc1ccc(CC(C)N)cc1.O=C=O. The number of aryl methyl sites for hydroxylation is 1. The van der Waals surface area contributed by atoms with Gasteiger partial charge < -0.3 is 5.73 Å². The number of nitrogens with two attached hydrogens (primary N) is 1. The molecular weight excluding hydrogens is 178 g/mol. The molecule has 0 bridgehead atoms. The van der Waals surface area contributed by atoms with E-state index in [0.29, 0.717) is 0 Å². The highest BCUT2D eigenvalue weighted by Crippen LogP contribution is 2.04. The topological polar surface area (TPSA) is 60.2 Å². The zero-order valence-electron chi connectivity index (χ0n) is 8.49. The molecule has 3 nitrogen and oxygen atoms in total. The number of hydrogen-bond donors (Lipinski definition) is 1. The molecule has 0 amide bonds. The highest BCUT2D eigenvalue weighted by Gasteiger charge is 1.95. The zero-order valence-corrected chi connectivity index (χ0v) is 8.49. The van der Waals surface area contributed by atoms with Crippen LogP contribution >= 0.6 is 0 Å². The van der Waals surface area contributed by atoms with E-state index >= 15 is 0 Å². The van der Waals surface area contributed by atoms with Crippen molar-refractivity contribution in [1.29, 1.82) is 0 Å². The molecule has 3 heteroatoms. The second kappa shape index (κ2) is 7.01. The van der Waals surface area contributed by atoms with Crippen LogP contribution in [0.25, 0.3) is 0 Å². The Balaban J connectivity index is 0.000000500. The molecule has 0 aliphatic rings. The molecule has 0 fully saturated rings. The van der Waals surface area contributed by atoms with Crippen molar-refractivity contribution in [2.75, 3.05) is 0 Å². The monoisotopic (exact) mass is 193 g/mol. The van der Waals surface area contributed by atoms with E-state index in [9.17, 15) is 0 Å². The van der Waals surface area contributed by atoms with Crippen molar-refractivity contribution in [2.45, 2.75) is 26.3 Å². The maximum Gasteiger partial charge on any atom is 0.373 e. The fraction of sp³-hybridized carbons (Fsp3) is 0.364. The predicted molar refractivity (Wildman–Crippen MR) is 53.5 cm³/mol. The summed E-state index contributed by atoms with van der Waals surface area (Å²) in [5.74, 6) is 0. The first-order chi connectivity index (χ1) is 6.60. The first-order valence-corrected chi connectivity index (χ1v) is 4.40. The van der Waals surface area contributed by atoms with E-state index in [2.05, 4.69) is 31.2 Å². The molecule has 0 radical (unpaired) electrons. The van der Waals surface area contributed by atoms with E-state index < -0.39 is 0 Å². The van der Waals surface area contributed by atoms with Crippen LogP contribution in [0.15, 0.2) is 24.3 Å². The van der Waals surface area contributed by atoms with Gasteiger partial charge in [-0.1, -0.05) is 29.8 Å². The average Bonchev–Trinajstić information content (AvgIpc) is 2.09. The average molecular weight is 193 g/mol. The summed E-state index contributed by atoms with van der Waals surface area (Å²) >= 11 is 0. The van der Waals surface area contributed by atoms with E-state index in [-0.39, 0.29) is 12.2 Å². The molecular formula is C11H15NO2. The third kappa shape index (κ3) is 6.12. The third-order valence-electron chi connectivity index (χ3n) is 1.68. The van der Waals surface area contributed by atoms with E-state index in [0.717, 1.165) is 6.42 Å². The zero-order chi connectivity index (χ0) is 11.0. The van der Waals surface area contributed by atoms with E-state index in [4.69, 9.17) is 15.3 Å². The number of rotatable bonds is 2. The van der Waals surface area contributed by atoms with Gasteiger partial charge in [0.1, 0.15) is 0 Å². The fourth-order valence-corrected chi connectivity index (χ4v) is 1.10. The lowest BCUT2D eigenvalue weighted by Crippen LogP contribution is -2.17.